The molecule has 2 fully saturated rings. The number of rotatable bonds is 3. The molecule has 0 bridgehead atoms. The van der Waals surface area contributed by atoms with Crippen LogP contribution in [0.25, 0.3) is 0 Å². The predicted octanol–water partition coefficient (Wildman–Crippen LogP) is 2.57. The fraction of sp³-hybridized carbons (Fsp3) is 0.929. The molecule has 20 heavy (non-hydrogen) atoms. The number of carbonyl (C=O) groups is 1. The number of piperidine rings is 1. The lowest BCUT2D eigenvalue weighted by atomic mass is 9.64. The highest BCUT2D eigenvalue weighted by Crippen LogP contribution is 2.44. The van der Waals surface area contributed by atoms with Crippen molar-refractivity contribution < 1.29 is 18.0 Å². The summed E-state index contributed by atoms with van der Waals surface area (Å²) in [7, 11) is 0. The number of nitrogens with zero attached hydrogens (tertiary/aromatic N) is 1. The van der Waals surface area contributed by atoms with Crippen LogP contribution in [0.5, 0.6) is 0 Å². The molecule has 1 saturated carbocycles. The van der Waals surface area contributed by atoms with Gasteiger partial charge in [0.15, 0.2) is 0 Å². The molecule has 0 aromatic carbocycles. The number of hydrogen-bond donors (Lipinski definition) is 1. The smallest absolute Gasteiger partial charge is 0.353 e. The van der Waals surface area contributed by atoms with Crippen molar-refractivity contribution in [2.24, 2.45) is 11.3 Å². The Balaban J connectivity index is 1.68. The van der Waals surface area contributed by atoms with Crippen molar-refractivity contribution in [3.05, 3.63) is 0 Å². The third kappa shape index (κ3) is 4.36. The van der Waals surface area contributed by atoms with E-state index in [2.05, 4.69) is 19.2 Å². The minimum atomic E-state index is -4.13. The molecule has 1 aliphatic carbocycles. The van der Waals surface area contributed by atoms with Crippen LogP contribution >= 0.6 is 0 Å². The zero-order valence-corrected chi connectivity index (χ0v) is 12.1. The van der Waals surface area contributed by atoms with Gasteiger partial charge in [-0.3, -0.25) is 9.69 Å². The van der Waals surface area contributed by atoms with Gasteiger partial charge in [-0.15, -0.1) is 0 Å². The van der Waals surface area contributed by atoms with Crippen LogP contribution in [0.3, 0.4) is 0 Å². The van der Waals surface area contributed by atoms with E-state index in [9.17, 15) is 18.0 Å². The average Bonchev–Trinajstić information content (AvgIpc) is 2.26. The van der Waals surface area contributed by atoms with E-state index >= 15 is 0 Å². The summed E-state index contributed by atoms with van der Waals surface area (Å²) in [6.07, 6.45) is -1.10. The Hall–Kier alpha value is -0.780. The molecule has 1 amide bonds. The summed E-state index contributed by atoms with van der Waals surface area (Å²) in [6.45, 7) is 4.25. The van der Waals surface area contributed by atoms with E-state index in [4.69, 9.17) is 0 Å². The first-order valence-corrected chi connectivity index (χ1v) is 7.24. The Bertz CT molecular complexity index is 352. The summed E-state index contributed by atoms with van der Waals surface area (Å²) in [5.74, 6) is 0.178. The lowest BCUT2D eigenvalue weighted by Crippen LogP contribution is -2.50. The molecule has 0 spiro atoms. The number of nitrogens with one attached hydrogen (secondary N) is 1. The number of halogens is 3. The van der Waals surface area contributed by atoms with Crippen LogP contribution in [0.2, 0.25) is 0 Å². The van der Waals surface area contributed by atoms with Gasteiger partial charge >= 0.3 is 6.18 Å². The second kappa shape index (κ2) is 5.54. The van der Waals surface area contributed by atoms with Crippen molar-refractivity contribution in [3.8, 4) is 0 Å². The number of hydrogen-bond acceptors (Lipinski definition) is 2. The SMILES string of the molecule is CC1(C)CC(C(=O)NC2CCN(CC(F)(F)F)CC2)C1. The summed E-state index contributed by atoms with van der Waals surface area (Å²) < 4.78 is 36.8. The third-order valence-electron chi connectivity index (χ3n) is 4.31. The molecule has 1 N–H and O–H groups in total. The molecule has 0 aromatic heterocycles. The number of carbonyl (C=O) groups excluding carboxylic acids is 1. The first kappa shape index (κ1) is 15.6. The Kier molecular flexibility index (Phi) is 4.33. The van der Waals surface area contributed by atoms with E-state index in [1.54, 1.807) is 0 Å². The highest BCUT2D eigenvalue weighted by molar-refractivity contribution is 5.80. The molecule has 3 nitrogen and oxygen atoms in total. The summed E-state index contributed by atoms with van der Waals surface area (Å²) in [6, 6.07) is 0.0377. The topological polar surface area (TPSA) is 32.3 Å². The van der Waals surface area contributed by atoms with Crippen LogP contribution in [0.1, 0.15) is 39.5 Å². The maximum absolute atomic E-state index is 12.3. The Morgan fingerprint density at radius 1 is 1.25 bits per heavy atom. The molecule has 1 saturated heterocycles. The van der Waals surface area contributed by atoms with Crippen molar-refractivity contribution in [3.63, 3.8) is 0 Å². The Labute approximate surface area is 117 Å². The molecule has 0 atom stereocenters. The lowest BCUT2D eigenvalue weighted by molar-refractivity contribution is -0.149. The number of likely N-dealkylation sites (tertiary alicyclic amines) is 1. The van der Waals surface area contributed by atoms with Crippen LogP contribution in [0.15, 0.2) is 0 Å². The van der Waals surface area contributed by atoms with Crippen LogP contribution in [0.4, 0.5) is 13.2 Å². The molecule has 0 unspecified atom stereocenters. The van der Waals surface area contributed by atoms with Gasteiger partial charge in [0.2, 0.25) is 5.91 Å². The van der Waals surface area contributed by atoms with Crippen LogP contribution in [0, 0.1) is 11.3 Å². The molecule has 1 heterocycles. The number of amides is 1. The fourth-order valence-electron chi connectivity index (χ4n) is 3.27. The molecule has 1 aliphatic heterocycles. The van der Waals surface area contributed by atoms with E-state index in [0.717, 1.165) is 12.8 Å². The minimum Gasteiger partial charge on any atom is -0.353 e. The fourth-order valence-corrected chi connectivity index (χ4v) is 3.27. The maximum Gasteiger partial charge on any atom is 0.401 e. The van der Waals surface area contributed by atoms with Crippen LogP contribution < -0.4 is 5.32 Å². The van der Waals surface area contributed by atoms with Gasteiger partial charge in [0, 0.05) is 25.0 Å². The molecular formula is C14H23F3N2O. The maximum atomic E-state index is 12.3. The Morgan fingerprint density at radius 2 is 1.80 bits per heavy atom. The summed E-state index contributed by atoms with van der Waals surface area (Å²) in [5.41, 5.74) is 0.262. The highest BCUT2D eigenvalue weighted by Gasteiger charge is 2.41. The van der Waals surface area contributed by atoms with Gasteiger partial charge in [-0.05, 0) is 31.1 Å². The summed E-state index contributed by atoms with van der Waals surface area (Å²) in [5, 5.41) is 3.00. The van der Waals surface area contributed by atoms with Gasteiger partial charge < -0.3 is 5.32 Å². The van der Waals surface area contributed by atoms with Gasteiger partial charge in [0.1, 0.15) is 0 Å². The van der Waals surface area contributed by atoms with Crippen molar-refractivity contribution in [1.29, 1.82) is 0 Å². The van der Waals surface area contributed by atoms with Gasteiger partial charge in [-0.1, -0.05) is 13.8 Å². The molecule has 0 radical (unpaired) electrons. The largest absolute Gasteiger partial charge is 0.401 e. The van der Waals surface area contributed by atoms with Crippen molar-refractivity contribution in [1.82, 2.24) is 10.2 Å². The van der Waals surface area contributed by atoms with Gasteiger partial charge in [-0.25, -0.2) is 0 Å². The molecule has 116 valence electrons. The first-order valence-electron chi connectivity index (χ1n) is 7.24. The molecule has 6 heteroatoms. The van der Waals surface area contributed by atoms with Crippen molar-refractivity contribution in [2.75, 3.05) is 19.6 Å². The second-order valence-electron chi connectivity index (χ2n) is 6.94. The van der Waals surface area contributed by atoms with E-state index in [1.165, 1.54) is 4.90 Å². The van der Waals surface area contributed by atoms with Crippen LogP contribution in [-0.2, 0) is 4.79 Å². The number of alkyl halides is 3. The standard InChI is InChI=1S/C14H23F3N2O/c1-13(2)7-10(8-13)12(20)18-11-3-5-19(6-4-11)9-14(15,16)17/h10-11H,3-9H2,1-2H3,(H,18,20). The summed E-state index contributed by atoms with van der Waals surface area (Å²) >= 11 is 0. The quantitative estimate of drug-likeness (QED) is 0.867. The van der Waals surface area contributed by atoms with Gasteiger partial charge in [0.05, 0.1) is 6.54 Å². The van der Waals surface area contributed by atoms with Gasteiger partial charge in [0.25, 0.3) is 0 Å². The normalized spacial score (nSPS) is 25.2. The molecule has 2 rings (SSSR count). The molecular weight excluding hydrogens is 269 g/mol. The van der Waals surface area contributed by atoms with Gasteiger partial charge in [-0.2, -0.15) is 13.2 Å². The monoisotopic (exact) mass is 292 g/mol. The predicted molar refractivity (Wildman–Crippen MR) is 70.2 cm³/mol. The van der Waals surface area contributed by atoms with E-state index in [1.807, 2.05) is 0 Å². The van der Waals surface area contributed by atoms with Crippen molar-refractivity contribution >= 4 is 5.91 Å². The Morgan fingerprint density at radius 3 is 2.25 bits per heavy atom. The molecule has 2 aliphatic rings. The van der Waals surface area contributed by atoms with Crippen molar-refractivity contribution in [2.45, 2.75) is 51.7 Å². The minimum absolute atomic E-state index is 0.0377. The first-order chi connectivity index (χ1) is 9.15. The van der Waals surface area contributed by atoms with E-state index < -0.39 is 12.7 Å². The lowest BCUT2D eigenvalue weighted by Gasteiger charge is -2.42. The highest BCUT2D eigenvalue weighted by atomic mass is 19.4. The zero-order chi connectivity index (χ0) is 15.0. The average molecular weight is 292 g/mol. The molecule has 0 aromatic rings. The zero-order valence-electron chi connectivity index (χ0n) is 12.1. The van der Waals surface area contributed by atoms with Crippen LogP contribution in [-0.4, -0.2) is 42.7 Å². The van der Waals surface area contributed by atoms with E-state index in [0.29, 0.717) is 25.9 Å². The van der Waals surface area contributed by atoms with E-state index in [-0.39, 0.29) is 23.3 Å². The summed E-state index contributed by atoms with van der Waals surface area (Å²) in [4.78, 5) is 13.4. The second-order valence-corrected chi connectivity index (χ2v) is 6.94. The third-order valence-corrected chi connectivity index (χ3v) is 4.31.